The zero-order valence-electron chi connectivity index (χ0n) is 11.8. The van der Waals surface area contributed by atoms with Crippen molar-refractivity contribution in [2.24, 2.45) is 4.99 Å². The summed E-state index contributed by atoms with van der Waals surface area (Å²) in [5, 5.41) is 21.2. The zero-order valence-corrected chi connectivity index (χ0v) is 11.8. The van der Waals surface area contributed by atoms with E-state index in [1.54, 1.807) is 13.8 Å². The van der Waals surface area contributed by atoms with Crippen molar-refractivity contribution in [3.8, 4) is 0 Å². The second kappa shape index (κ2) is 7.78. The molecule has 0 spiro atoms. The molecule has 0 aliphatic carbocycles. The Morgan fingerprint density at radius 1 is 1.43 bits per heavy atom. The van der Waals surface area contributed by atoms with Crippen LogP contribution in [0.5, 0.6) is 0 Å². The number of nitro benzene ring substituents is 1. The maximum atomic E-state index is 11.8. The molecule has 0 fully saturated rings. The SMILES string of the molecule is CCN=CC(C(=O)OCC)=C(O)c1ccccc1[N+](=O)[O-]. The summed E-state index contributed by atoms with van der Waals surface area (Å²) in [6.45, 7) is 3.88. The second-order valence-electron chi connectivity index (χ2n) is 3.88. The highest BCUT2D eigenvalue weighted by molar-refractivity contribution is 6.15. The van der Waals surface area contributed by atoms with Crippen LogP contribution in [0.2, 0.25) is 0 Å². The van der Waals surface area contributed by atoms with Gasteiger partial charge in [0.15, 0.2) is 0 Å². The lowest BCUT2D eigenvalue weighted by molar-refractivity contribution is -0.385. The van der Waals surface area contributed by atoms with E-state index in [2.05, 4.69) is 4.99 Å². The monoisotopic (exact) mass is 292 g/mol. The van der Waals surface area contributed by atoms with Gasteiger partial charge in [0.05, 0.1) is 17.1 Å². The normalized spacial score (nSPS) is 12.1. The van der Waals surface area contributed by atoms with Gasteiger partial charge in [0, 0.05) is 18.8 Å². The lowest BCUT2D eigenvalue weighted by Crippen LogP contribution is -2.12. The van der Waals surface area contributed by atoms with Crippen LogP contribution in [0.25, 0.3) is 5.76 Å². The molecule has 0 saturated carbocycles. The summed E-state index contributed by atoms with van der Waals surface area (Å²) in [4.78, 5) is 26.1. The summed E-state index contributed by atoms with van der Waals surface area (Å²) in [7, 11) is 0. The van der Waals surface area contributed by atoms with Crippen molar-refractivity contribution in [3.05, 3.63) is 45.5 Å². The summed E-state index contributed by atoms with van der Waals surface area (Å²) in [5.74, 6) is -1.32. The molecule has 0 atom stereocenters. The van der Waals surface area contributed by atoms with Crippen molar-refractivity contribution < 1.29 is 19.6 Å². The van der Waals surface area contributed by atoms with E-state index >= 15 is 0 Å². The molecule has 0 aliphatic rings. The maximum Gasteiger partial charge on any atom is 0.343 e. The highest BCUT2D eigenvalue weighted by Crippen LogP contribution is 2.26. The average molecular weight is 292 g/mol. The van der Waals surface area contributed by atoms with Gasteiger partial charge in [-0.05, 0) is 19.9 Å². The van der Waals surface area contributed by atoms with Gasteiger partial charge in [-0.1, -0.05) is 12.1 Å². The molecule has 21 heavy (non-hydrogen) atoms. The Kier molecular flexibility index (Phi) is 6.06. The fraction of sp³-hybridized carbons (Fsp3) is 0.286. The highest BCUT2D eigenvalue weighted by Gasteiger charge is 2.22. The van der Waals surface area contributed by atoms with Crippen molar-refractivity contribution >= 4 is 23.6 Å². The van der Waals surface area contributed by atoms with Gasteiger partial charge < -0.3 is 9.84 Å². The number of carbonyl (C=O) groups is 1. The minimum Gasteiger partial charge on any atom is -0.506 e. The summed E-state index contributed by atoms with van der Waals surface area (Å²) < 4.78 is 4.83. The van der Waals surface area contributed by atoms with Gasteiger partial charge in [-0.2, -0.15) is 0 Å². The van der Waals surface area contributed by atoms with Gasteiger partial charge >= 0.3 is 5.97 Å². The van der Waals surface area contributed by atoms with Crippen LogP contribution >= 0.6 is 0 Å². The molecule has 112 valence electrons. The van der Waals surface area contributed by atoms with E-state index in [1.165, 1.54) is 24.3 Å². The molecule has 0 amide bonds. The van der Waals surface area contributed by atoms with Crippen LogP contribution < -0.4 is 0 Å². The zero-order chi connectivity index (χ0) is 15.8. The Labute approximate surface area is 121 Å². The number of hydrogen-bond donors (Lipinski definition) is 1. The fourth-order valence-electron chi connectivity index (χ4n) is 1.58. The number of para-hydroxylation sites is 1. The van der Waals surface area contributed by atoms with Crippen molar-refractivity contribution in [2.45, 2.75) is 13.8 Å². The number of hydrogen-bond acceptors (Lipinski definition) is 6. The Bertz CT molecular complexity index is 593. The van der Waals surface area contributed by atoms with Crippen LogP contribution in [0.4, 0.5) is 5.69 Å². The molecule has 0 heterocycles. The van der Waals surface area contributed by atoms with Crippen LogP contribution in [-0.2, 0) is 9.53 Å². The number of benzene rings is 1. The van der Waals surface area contributed by atoms with Gasteiger partial charge in [0.25, 0.3) is 5.69 Å². The van der Waals surface area contributed by atoms with Crippen molar-refractivity contribution in [2.75, 3.05) is 13.2 Å². The number of carbonyl (C=O) groups excluding carboxylic acids is 1. The molecule has 1 aromatic rings. The van der Waals surface area contributed by atoms with Gasteiger partial charge in [0.2, 0.25) is 0 Å². The third-order valence-electron chi connectivity index (χ3n) is 2.51. The summed E-state index contributed by atoms with van der Waals surface area (Å²) in [6.07, 6.45) is 1.16. The van der Waals surface area contributed by atoms with E-state index < -0.39 is 16.7 Å². The molecule has 1 rings (SSSR count). The van der Waals surface area contributed by atoms with Crippen LogP contribution in [-0.4, -0.2) is 35.4 Å². The van der Waals surface area contributed by atoms with E-state index in [1.807, 2.05) is 0 Å². The number of aliphatic hydroxyl groups is 1. The summed E-state index contributed by atoms with van der Waals surface area (Å²) in [6, 6.07) is 5.59. The smallest absolute Gasteiger partial charge is 0.343 e. The van der Waals surface area contributed by atoms with Gasteiger partial charge in [-0.15, -0.1) is 0 Å². The standard InChI is InChI=1S/C14H16N2O5/c1-3-15-9-11(14(18)21-4-2)13(17)10-7-5-6-8-12(10)16(19)20/h5-9,17H,3-4H2,1-2H3. The fourth-order valence-corrected chi connectivity index (χ4v) is 1.58. The number of aliphatic imine (C=N–C) groups is 1. The number of aliphatic hydroxyl groups excluding tert-OH is 1. The molecule has 1 N–H and O–H groups in total. The molecule has 0 bridgehead atoms. The Morgan fingerprint density at radius 2 is 2.10 bits per heavy atom. The minimum atomic E-state index is -0.787. The molecule has 7 heteroatoms. The average Bonchev–Trinajstić information content (AvgIpc) is 2.47. The second-order valence-corrected chi connectivity index (χ2v) is 3.88. The maximum absolute atomic E-state index is 11.8. The molecular formula is C14H16N2O5. The first kappa shape index (κ1) is 16.4. The first-order chi connectivity index (χ1) is 10.0. The minimum absolute atomic E-state index is 0.0619. The van der Waals surface area contributed by atoms with Crippen molar-refractivity contribution in [1.29, 1.82) is 0 Å². The van der Waals surface area contributed by atoms with E-state index in [0.29, 0.717) is 6.54 Å². The largest absolute Gasteiger partial charge is 0.506 e. The first-order valence-corrected chi connectivity index (χ1v) is 6.36. The van der Waals surface area contributed by atoms with Crippen LogP contribution in [0, 0.1) is 10.1 Å². The van der Waals surface area contributed by atoms with Crippen LogP contribution in [0.15, 0.2) is 34.8 Å². The summed E-state index contributed by atoms with van der Waals surface area (Å²) in [5.41, 5.74) is -0.581. The van der Waals surface area contributed by atoms with Gasteiger partial charge in [-0.3, -0.25) is 15.1 Å². The predicted molar refractivity (Wildman–Crippen MR) is 78.3 cm³/mol. The molecule has 7 nitrogen and oxygen atoms in total. The van der Waals surface area contributed by atoms with Gasteiger partial charge in [0.1, 0.15) is 11.3 Å². The molecular weight excluding hydrogens is 276 g/mol. The van der Waals surface area contributed by atoms with Crippen molar-refractivity contribution in [1.82, 2.24) is 0 Å². The Morgan fingerprint density at radius 3 is 2.67 bits per heavy atom. The van der Waals surface area contributed by atoms with E-state index in [0.717, 1.165) is 6.21 Å². The number of nitrogens with zero attached hydrogens (tertiary/aromatic N) is 2. The molecule has 0 aliphatic heterocycles. The Hall–Kier alpha value is -2.70. The molecule has 0 unspecified atom stereocenters. The van der Waals surface area contributed by atoms with Crippen LogP contribution in [0.1, 0.15) is 19.4 Å². The van der Waals surface area contributed by atoms with Crippen molar-refractivity contribution in [3.63, 3.8) is 0 Å². The highest BCUT2D eigenvalue weighted by atomic mass is 16.6. The molecule has 0 radical (unpaired) electrons. The van der Waals surface area contributed by atoms with E-state index in [-0.39, 0.29) is 23.4 Å². The lowest BCUT2D eigenvalue weighted by Gasteiger charge is -2.07. The molecule has 1 aromatic carbocycles. The number of rotatable bonds is 6. The first-order valence-electron chi connectivity index (χ1n) is 6.36. The van der Waals surface area contributed by atoms with Gasteiger partial charge in [-0.25, -0.2) is 4.79 Å². The molecule has 0 aromatic heterocycles. The van der Waals surface area contributed by atoms with E-state index in [4.69, 9.17) is 4.74 Å². The predicted octanol–water partition coefficient (Wildman–Crippen LogP) is 2.52. The topological polar surface area (TPSA) is 102 Å². The Balaban J connectivity index is 3.42. The summed E-state index contributed by atoms with van der Waals surface area (Å²) >= 11 is 0. The third-order valence-corrected chi connectivity index (χ3v) is 2.51. The van der Waals surface area contributed by atoms with E-state index in [9.17, 15) is 20.0 Å². The third kappa shape index (κ3) is 4.13. The lowest BCUT2D eigenvalue weighted by atomic mass is 10.1. The number of ether oxygens (including phenoxy) is 1. The quantitative estimate of drug-likeness (QED) is 0.217. The van der Waals surface area contributed by atoms with Crippen LogP contribution in [0.3, 0.4) is 0 Å². The number of nitro groups is 1. The molecule has 0 saturated heterocycles. The number of esters is 1.